The summed E-state index contributed by atoms with van der Waals surface area (Å²) in [5, 5.41) is 9.03. The lowest BCUT2D eigenvalue weighted by molar-refractivity contribution is 0.0626. The Kier molecular flexibility index (Phi) is 5.08. The zero-order valence-electron chi connectivity index (χ0n) is 11.2. The van der Waals surface area contributed by atoms with Crippen LogP contribution in [-0.4, -0.2) is 38.5 Å². The molecule has 1 aromatic carbocycles. The van der Waals surface area contributed by atoms with Gasteiger partial charge in [0, 0.05) is 12.3 Å². The summed E-state index contributed by atoms with van der Waals surface area (Å²) < 4.78 is 31.8. The van der Waals surface area contributed by atoms with Gasteiger partial charge in [-0.1, -0.05) is 11.6 Å². The molecule has 0 aliphatic carbocycles. The maximum Gasteiger partial charge on any atom is 0.337 e. The lowest BCUT2D eigenvalue weighted by Crippen LogP contribution is -2.28. The topological polar surface area (TPSA) is 92.7 Å². The number of hydrogen-bond donors (Lipinski definition) is 2. The van der Waals surface area contributed by atoms with E-state index in [1.807, 2.05) is 0 Å². The van der Waals surface area contributed by atoms with Crippen molar-refractivity contribution in [2.45, 2.75) is 12.8 Å². The number of nitrogens with one attached hydrogen (secondary N) is 1. The second kappa shape index (κ2) is 6.64. The van der Waals surface area contributed by atoms with Crippen LogP contribution in [0.4, 0.5) is 5.69 Å². The molecule has 6 nitrogen and oxygen atoms in total. The molecule has 2 N–H and O–H groups in total. The van der Waals surface area contributed by atoms with Crippen LogP contribution in [0.5, 0.6) is 0 Å². The summed E-state index contributed by atoms with van der Waals surface area (Å²) in [5.74, 6) is -1.29. The Morgan fingerprint density at radius 1 is 1.48 bits per heavy atom. The fraction of sp³-hybridized carbons (Fsp3) is 0.462. The van der Waals surface area contributed by atoms with Gasteiger partial charge < -0.3 is 9.84 Å². The van der Waals surface area contributed by atoms with Crippen molar-refractivity contribution in [3.63, 3.8) is 0 Å². The normalized spacial score (nSPS) is 19.2. The lowest BCUT2D eigenvalue weighted by atomic mass is 10.1. The summed E-state index contributed by atoms with van der Waals surface area (Å²) in [5.41, 5.74) is 0.0476. The molecular weight excluding hydrogens is 318 g/mol. The summed E-state index contributed by atoms with van der Waals surface area (Å²) in [6.07, 6.45) is 1.66. The van der Waals surface area contributed by atoms with Crippen LogP contribution >= 0.6 is 11.6 Å². The van der Waals surface area contributed by atoms with Crippen LogP contribution in [-0.2, 0) is 14.8 Å². The third kappa shape index (κ3) is 4.59. The van der Waals surface area contributed by atoms with E-state index in [-0.39, 0.29) is 27.9 Å². The minimum Gasteiger partial charge on any atom is -0.478 e. The van der Waals surface area contributed by atoms with Crippen LogP contribution in [0.3, 0.4) is 0 Å². The van der Waals surface area contributed by atoms with E-state index >= 15 is 0 Å². The Bertz CT molecular complexity index is 625. The van der Waals surface area contributed by atoms with Gasteiger partial charge in [-0.3, -0.25) is 4.72 Å². The SMILES string of the molecule is O=C(O)c1cc(NS(=O)(=O)CC2CCCOC2)ccc1Cl. The van der Waals surface area contributed by atoms with Crippen molar-refractivity contribution in [2.75, 3.05) is 23.7 Å². The number of carboxylic acid groups (broad SMARTS) is 1. The zero-order valence-corrected chi connectivity index (χ0v) is 12.8. The molecule has 0 radical (unpaired) electrons. The van der Waals surface area contributed by atoms with Gasteiger partial charge in [-0.15, -0.1) is 0 Å². The average molecular weight is 334 g/mol. The number of carbonyl (C=O) groups is 1. The quantitative estimate of drug-likeness (QED) is 0.861. The molecule has 1 fully saturated rings. The van der Waals surface area contributed by atoms with Crippen molar-refractivity contribution < 1.29 is 23.1 Å². The van der Waals surface area contributed by atoms with Crippen LogP contribution in [0, 0.1) is 5.92 Å². The fourth-order valence-electron chi connectivity index (χ4n) is 2.22. The minimum absolute atomic E-state index is 0.0394. The van der Waals surface area contributed by atoms with Gasteiger partial charge in [-0.25, -0.2) is 13.2 Å². The first-order chi connectivity index (χ1) is 9.87. The predicted molar refractivity (Wildman–Crippen MR) is 79.4 cm³/mol. The molecule has 8 heteroatoms. The summed E-state index contributed by atoms with van der Waals surface area (Å²) in [6.45, 7) is 1.10. The van der Waals surface area contributed by atoms with Crippen LogP contribution in [0.2, 0.25) is 5.02 Å². The first kappa shape index (κ1) is 16.1. The predicted octanol–water partition coefficient (Wildman–Crippen LogP) is 2.21. The van der Waals surface area contributed by atoms with Gasteiger partial charge in [-0.2, -0.15) is 0 Å². The first-order valence-corrected chi connectivity index (χ1v) is 8.51. The molecule has 1 saturated heterocycles. The van der Waals surface area contributed by atoms with E-state index in [1.165, 1.54) is 18.2 Å². The number of hydrogen-bond acceptors (Lipinski definition) is 4. The van der Waals surface area contributed by atoms with Crippen LogP contribution in [0.25, 0.3) is 0 Å². The van der Waals surface area contributed by atoms with E-state index in [2.05, 4.69) is 4.72 Å². The van der Waals surface area contributed by atoms with Crippen molar-refractivity contribution in [1.29, 1.82) is 0 Å². The molecule has 2 rings (SSSR count). The molecule has 1 heterocycles. The van der Waals surface area contributed by atoms with E-state index in [9.17, 15) is 13.2 Å². The Balaban J connectivity index is 2.09. The number of carboxylic acids is 1. The van der Waals surface area contributed by atoms with E-state index in [1.54, 1.807) is 0 Å². The summed E-state index contributed by atoms with van der Waals surface area (Å²) >= 11 is 5.74. The second-order valence-corrected chi connectivity index (χ2v) is 7.14. The molecule has 1 aliphatic rings. The average Bonchev–Trinajstić information content (AvgIpc) is 2.41. The standard InChI is InChI=1S/C13H16ClNO5S/c14-12-4-3-10(6-11(12)13(16)17)15-21(18,19)8-9-2-1-5-20-7-9/h3-4,6,9,15H,1-2,5,7-8H2,(H,16,17). The number of anilines is 1. The number of ether oxygens (including phenoxy) is 1. The van der Waals surface area contributed by atoms with Crippen LogP contribution < -0.4 is 4.72 Å². The van der Waals surface area contributed by atoms with Crippen LogP contribution in [0.1, 0.15) is 23.2 Å². The fourth-order valence-corrected chi connectivity index (χ4v) is 3.87. The van der Waals surface area contributed by atoms with Crippen molar-refractivity contribution in [3.05, 3.63) is 28.8 Å². The highest BCUT2D eigenvalue weighted by molar-refractivity contribution is 7.92. The molecule has 0 saturated carbocycles. The maximum absolute atomic E-state index is 12.1. The van der Waals surface area contributed by atoms with Gasteiger partial charge in [0.05, 0.1) is 22.9 Å². The molecule has 1 aromatic rings. The van der Waals surface area contributed by atoms with Crippen molar-refractivity contribution >= 4 is 33.3 Å². The highest BCUT2D eigenvalue weighted by atomic mass is 35.5. The van der Waals surface area contributed by atoms with Gasteiger partial charge in [0.1, 0.15) is 0 Å². The van der Waals surface area contributed by atoms with Crippen molar-refractivity contribution in [1.82, 2.24) is 0 Å². The van der Waals surface area contributed by atoms with E-state index < -0.39 is 16.0 Å². The highest BCUT2D eigenvalue weighted by Gasteiger charge is 2.22. The highest BCUT2D eigenvalue weighted by Crippen LogP contribution is 2.22. The molecule has 0 spiro atoms. The zero-order chi connectivity index (χ0) is 15.5. The lowest BCUT2D eigenvalue weighted by Gasteiger charge is -2.22. The number of rotatable bonds is 5. The van der Waals surface area contributed by atoms with Gasteiger partial charge in [0.15, 0.2) is 0 Å². The molecule has 21 heavy (non-hydrogen) atoms. The summed E-state index contributed by atoms with van der Waals surface area (Å²) in [4.78, 5) is 11.0. The molecule has 0 bridgehead atoms. The number of benzene rings is 1. The van der Waals surface area contributed by atoms with Gasteiger partial charge in [0.2, 0.25) is 10.0 Å². The molecule has 116 valence electrons. The second-order valence-electron chi connectivity index (χ2n) is 4.97. The minimum atomic E-state index is -3.56. The summed E-state index contributed by atoms with van der Waals surface area (Å²) in [7, 11) is -3.56. The number of aromatic carboxylic acids is 1. The molecule has 1 unspecified atom stereocenters. The smallest absolute Gasteiger partial charge is 0.337 e. The van der Waals surface area contributed by atoms with E-state index in [4.69, 9.17) is 21.4 Å². The summed E-state index contributed by atoms with van der Waals surface area (Å²) in [6, 6.07) is 4.00. The molecule has 1 aliphatic heterocycles. The van der Waals surface area contributed by atoms with Crippen molar-refractivity contribution in [3.8, 4) is 0 Å². The van der Waals surface area contributed by atoms with Crippen LogP contribution in [0.15, 0.2) is 18.2 Å². The largest absolute Gasteiger partial charge is 0.478 e. The van der Waals surface area contributed by atoms with Crippen molar-refractivity contribution in [2.24, 2.45) is 5.92 Å². The van der Waals surface area contributed by atoms with Gasteiger partial charge in [0.25, 0.3) is 0 Å². The Hall–Kier alpha value is -1.31. The maximum atomic E-state index is 12.1. The van der Waals surface area contributed by atoms with Gasteiger partial charge >= 0.3 is 5.97 Å². The van der Waals surface area contributed by atoms with E-state index in [0.717, 1.165) is 12.8 Å². The Morgan fingerprint density at radius 3 is 2.86 bits per heavy atom. The molecule has 1 atom stereocenters. The van der Waals surface area contributed by atoms with E-state index in [0.29, 0.717) is 13.2 Å². The molecule has 0 aromatic heterocycles. The van der Waals surface area contributed by atoms with Gasteiger partial charge in [-0.05, 0) is 37.0 Å². The monoisotopic (exact) mass is 333 g/mol. The number of halogens is 1. The molecular formula is C13H16ClNO5S. The Morgan fingerprint density at radius 2 is 2.24 bits per heavy atom. The molecule has 0 amide bonds. The Labute approximate surface area is 128 Å². The number of sulfonamides is 1. The third-order valence-corrected chi connectivity index (χ3v) is 4.97. The first-order valence-electron chi connectivity index (χ1n) is 6.48. The third-order valence-electron chi connectivity index (χ3n) is 3.18.